The van der Waals surface area contributed by atoms with Gasteiger partial charge in [0, 0.05) is 31.5 Å². The summed E-state index contributed by atoms with van der Waals surface area (Å²) in [7, 11) is 0. The van der Waals surface area contributed by atoms with E-state index < -0.39 is 5.54 Å². The quantitative estimate of drug-likeness (QED) is 0.503. The lowest BCUT2D eigenvalue weighted by atomic mass is 9.83. The molecule has 1 amide bonds. The minimum Gasteiger partial charge on any atom is -0.368 e. The Balaban J connectivity index is 0.000000785. The van der Waals surface area contributed by atoms with E-state index in [-0.39, 0.29) is 17.5 Å². The molecule has 2 aliphatic heterocycles. The fourth-order valence-corrected chi connectivity index (χ4v) is 4.43. The number of halogens is 1. The number of rotatable bonds is 8. The van der Waals surface area contributed by atoms with Crippen LogP contribution in [-0.2, 0) is 9.59 Å². The molecular formula is C24H36FN3O3. The summed E-state index contributed by atoms with van der Waals surface area (Å²) in [4.78, 5) is 38.3. The number of hydrogen-bond acceptors (Lipinski definition) is 5. The molecule has 2 heterocycles. The monoisotopic (exact) mass is 433 g/mol. The number of primary amides is 1. The lowest BCUT2D eigenvalue weighted by Gasteiger charge is -2.48. The molecule has 6 nitrogen and oxygen atoms in total. The first-order chi connectivity index (χ1) is 14.9. The van der Waals surface area contributed by atoms with Crippen molar-refractivity contribution in [1.29, 1.82) is 0 Å². The topological polar surface area (TPSA) is 83.7 Å². The number of carbonyl (C=O) groups is 3. The van der Waals surface area contributed by atoms with Gasteiger partial charge in [0.15, 0.2) is 5.78 Å². The van der Waals surface area contributed by atoms with Gasteiger partial charge in [-0.1, -0.05) is 13.3 Å². The zero-order valence-corrected chi connectivity index (χ0v) is 18.7. The number of likely N-dealkylation sites (tertiary alicyclic amines) is 2. The molecule has 0 bridgehead atoms. The predicted molar refractivity (Wildman–Crippen MR) is 119 cm³/mol. The van der Waals surface area contributed by atoms with E-state index in [0.717, 1.165) is 71.1 Å². The SMILES string of the molecule is CCC=O.NC(=O)C1(N2CCCCC2)CCN(CCCC(=O)c2ccc(F)cc2)CC1. The molecule has 3 rings (SSSR count). The third-order valence-electron chi connectivity index (χ3n) is 6.31. The van der Waals surface area contributed by atoms with Crippen LogP contribution < -0.4 is 5.73 Å². The summed E-state index contributed by atoms with van der Waals surface area (Å²) in [5.74, 6) is -0.464. The second-order valence-electron chi connectivity index (χ2n) is 8.39. The van der Waals surface area contributed by atoms with Crippen LogP contribution in [0.15, 0.2) is 24.3 Å². The number of aldehydes is 1. The van der Waals surface area contributed by atoms with Crippen LogP contribution in [0, 0.1) is 5.82 Å². The summed E-state index contributed by atoms with van der Waals surface area (Å²) < 4.78 is 12.9. The van der Waals surface area contributed by atoms with E-state index >= 15 is 0 Å². The second-order valence-corrected chi connectivity index (χ2v) is 8.39. The number of benzene rings is 1. The van der Waals surface area contributed by atoms with E-state index in [1.165, 1.54) is 18.6 Å². The van der Waals surface area contributed by atoms with Crippen molar-refractivity contribution in [2.75, 3.05) is 32.7 Å². The number of nitrogens with zero attached hydrogens (tertiary/aromatic N) is 2. The van der Waals surface area contributed by atoms with E-state index in [0.29, 0.717) is 18.4 Å². The number of hydrogen-bond donors (Lipinski definition) is 1. The Hall–Kier alpha value is -2.12. The third kappa shape index (κ3) is 7.21. The molecule has 2 fully saturated rings. The largest absolute Gasteiger partial charge is 0.368 e. The number of Topliss-reactive ketones (excluding diaryl/α,β-unsaturated/α-hetero) is 1. The first kappa shape index (κ1) is 25.1. The lowest BCUT2D eigenvalue weighted by molar-refractivity contribution is -0.135. The van der Waals surface area contributed by atoms with Gasteiger partial charge in [-0.2, -0.15) is 0 Å². The molecule has 7 heteroatoms. The summed E-state index contributed by atoms with van der Waals surface area (Å²) in [5.41, 5.74) is 5.90. The average molecular weight is 434 g/mol. The van der Waals surface area contributed by atoms with Crippen LogP contribution in [0.5, 0.6) is 0 Å². The molecule has 0 radical (unpaired) electrons. The Morgan fingerprint density at radius 2 is 1.65 bits per heavy atom. The molecule has 2 saturated heterocycles. The van der Waals surface area contributed by atoms with Gasteiger partial charge in [0.2, 0.25) is 5.91 Å². The Morgan fingerprint density at radius 3 is 2.16 bits per heavy atom. The van der Waals surface area contributed by atoms with Gasteiger partial charge in [0.05, 0.1) is 0 Å². The normalized spacial score (nSPS) is 19.2. The average Bonchev–Trinajstić information content (AvgIpc) is 2.80. The molecule has 0 spiro atoms. The fourth-order valence-electron chi connectivity index (χ4n) is 4.43. The molecule has 0 aliphatic carbocycles. The zero-order chi connectivity index (χ0) is 22.7. The molecule has 1 aromatic carbocycles. The molecule has 1 aromatic rings. The van der Waals surface area contributed by atoms with Gasteiger partial charge in [-0.15, -0.1) is 0 Å². The van der Waals surface area contributed by atoms with E-state index in [4.69, 9.17) is 5.73 Å². The van der Waals surface area contributed by atoms with Crippen LogP contribution in [0.3, 0.4) is 0 Å². The molecule has 2 aliphatic rings. The fraction of sp³-hybridized carbons (Fsp3) is 0.625. The van der Waals surface area contributed by atoms with Gasteiger partial charge in [-0.25, -0.2) is 4.39 Å². The summed E-state index contributed by atoms with van der Waals surface area (Å²) in [5, 5.41) is 0. The first-order valence-electron chi connectivity index (χ1n) is 11.4. The Labute approximate surface area is 185 Å². The van der Waals surface area contributed by atoms with Gasteiger partial charge in [-0.3, -0.25) is 14.5 Å². The van der Waals surface area contributed by atoms with Crippen molar-refractivity contribution in [3.05, 3.63) is 35.6 Å². The van der Waals surface area contributed by atoms with E-state index in [9.17, 15) is 18.8 Å². The second kappa shape index (κ2) is 12.7. The maximum absolute atomic E-state index is 12.9. The highest BCUT2D eigenvalue weighted by Crippen LogP contribution is 2.31. The van der Waals surface area contributed by atoms with Crippen molar-refractivity contribution in [2.45, 2.75) is 63.8 Å². The standard InChI is InChI=1S/C21H30FN3O2.C3H6O/c22-18-8-6-17(7-9-18)19(26)5-4-12-24-15-10-21(11-16-24,20(23)27)25-13-2-1-3-14-25;1-2-3-4/h6-9H,1-5,10-16H2,(H2,23,27);3H,2H2,1H3. The van der Waals surface area contributed by atoms with Crippen LogP contribution in [0.25, 0.3) is 0 Å². The van der Waals surface area contributed by atoms with Crippen molar-refractivity contribution >= 4 is 18.0 Å². The number of carbonyl (C=O) groups excluding carboxylic acids is 3. The van der Waals surface area contributed by atoms with Crippen molar-refractivity contribution in [1.82, 2.24) is 9.80 Å². The van der Waals surface area contributed by atoms with E-state index in [2.05, 4.69) is 9.80 Å². The number of piperidine rings is 2. The molecule has 0 atom stereocenters. The van der Waals surface area contributed by atoms with Gasteiger partial charge in [0.1, 0.15) is 17.6 Å². The van der Waals surface area contributed by atoms with Crippen LogP contribution >= 0.6 is 0 Å². The van der Waals surface area contributed by atoms with Gasteiger partial charge in [-0.05, 0) is 76.0 Å². The Morgan fingerprint density at radius 1 is 1.06 bits per heavy atom. The molecule has 0 aromatic heterocycles. The minimum atomic E-state index is -0.485. The van der Waals surface area contributed by atoms with Gasteiger partial charge >= 0.3 is 0 Å². The summed E-state index contributed by atoms with van der Waals surface area (Å²) in [6.45, 7) is 6.26. The van der Waals surface area contributed by atoms with Crippen LogP contribution in [0.1, 0.15) is 68.6 Å². The van der Waals surface area contributed by atoms with Crippen molar-refractivity contribution < 1.29 is 18.8 Å². The highest BCUT2D eigenvalue weighted by molar-refractivity contribution is 5.95. The third-order valence-corrected chi connectivity index (χ3v) is 6.31. The minimum absolute atomic E-state index is 0.0480. The zero-order valence-electron chi connectivity index (χ0n) is 18.7. The van der Waals surface area contributed by atoms with E-state index in [1.807, 2.05) is 6.92 Å². The summed E-state index contributed by atoms with van der Waals surface area (Å²) >= 11 is 0. The Bertz CT molecular complexity index is 709. The van der Waals surface area contributed by atoms with Crippen molar-refractivity contribution in [3.8, 4) is 0 Å². The summed E-state index contributed by atoms with van der Waals surface area (Å²) in [6.07, 6.45) is 7.80. The van der Waals surface area contributed by atoms with E-state index in [1.54, 1.807) is 12.1 Å². The van der Waals surface area contributed by atoms with Crippen LogP contribution in [-0.4, -0.2) is 66.0 Å². The van der Waals surface area contributed by atoms with Gasteiger partial charge < -0.3 is 15.4 Å². The molecule has 0 saturated carbocycles. The van der Waals surface area contributed by atoms with Gasteiger partial charge in [0.25, 0.3) is 0 Å². The highest BCUT2D eigenvalue weighted by Gasteiger charge is 2.44. The van der Waals surface area contributed by atoms with Crippen LogP contribution in [0.2, 0.25) is 0 Å². The lowest BCUT2D eigenvalue weighted by Crippen LogP contribution is -2.63. The maximum Gasteiger partial charge on any atom is 0.238 e. The van der Waals surface area contributed by atoms with Crippen LogP contribution in [0.4, 0.5) is 4.39 Å². The molecule has 31 heavy (non-hydrogen) atoms. The molecular weight excluding hydrogens is 397 g/mol. The predicted octanol–water partition coefficient (Wildman–Crippen LogP) is 3.19. The highest BCUT2D eigenvalue weighted by atomic mass is 19.1. The first-order valence-corrected chi connectivity index (χ1v) is 11.4. The smallest absolute Gasteiger partial charge is 0.238 e. The summed E-state index contributed by atoms with van der Waals surface area (Å²) in [6, 6.07) is 5.72. The maximum atomic E-state index is 12.9. The molecule has 0 unspecified atom stereocenters. The number of amides is 1. The molecule has 172 valence electrons. The van der Waals surface area contributed by atoms with Crippen molar-refractivity contribution in [2.24, 2.45) is 5.73 Å². The Kier molecular flexibility index (Phi) is 10.3. The number of ketones is 1. The van der Waals surface area contributed by atoms with Crippen molar-refractivity contribution in [3.63, 3.8) is 0 Å². The molecule has 2 N–H and O–H groups in total. The number of nitrogens with two attached hydrogens (primary N) is 1.